The van der Waals surface area contributed by atoms with Gasteiger partial charge in [0.05, 0.1) is 6.61 Å². The van der Waals surface area contributed by atoms with Crippen molar-refractivity contribution in [2.24, 2.45) is 0 Å². The number of unbranched alkanes of at least 4 members (excludes halogenated alkanes) is 1. The van der Waals surface area contributed by atoms with Gasteiger partial charge in [-0.25, -0.2) is 0 Å². The fourth-order valence-corrected chi connectivity index (χ4v) is 0.393. The summed E-state index contributed by atoms with van der Waals surface area (Å²) in [5.74, 6) is 0. The summed E-state index contributed by atoms with van der Waals surface area (Å²) in [4.78, 5) is 0. The van der Waals surface area contributed by atoms with Crippen molar-refractivity contribution in [3.05, 3.63) is 0 Å². The fourth-order valence-electron chi connectivity index (χ4n) is 0.309. The van der Waals surface area contributed by atoms with Crippen molar-refractivity contribution in [3.8, 4) is 0 Å². The first-order chi connectivity index (χ1) is 3.77. The lowest BCUT2D eigenvalue weighted by Crippen LogP contribution is -2.02. The number of thiocarbonyl (C=S) groups is 1. The Kier molecular flexibility index (Phi) is 4.65. The molecular formula is C5H10NOS. The van der Waals surface area contributed by atoms with Crippen LogP contribution in [0.25, 0.3) is 0 Å². The second kappa shape index (κ2) is 4.84. The van der Waals surface area contributed by atoms with E-state index in [9.17, 15) is 0 Å². The first-order valence-electron chi connectivity index (χ1n) is 2.65. The standard InChI is InChI=1S/C5H10NOS/c1-2-3-4-7-5(6)8/h6H,2-4H2,1H3. The van der Waals surface area contributed by atoms with Crippen LogP contribution in [0.2, 0.25) is 0 Å². The van der Waals surface area contributed by atoms with Crippen molar-refractivity contribution in [2.45, 2.75) is 19.8 Å². The molecule has 0 aromatic carbocycles. The number of nitrogens with one attached hydrogen (secondary N) is 1. The molecule has 0 heterocycles. The Bertz CT molecular complexity index is 74.8. The molecule has 0 saturated heterocycles. The largest absolute Gasteiger partial charge is 0.470 e. The molecule has 0 unspecified atom stereocenters. The van der Waals surface area contributed by atoms with Crippen LogP contribution in [0.15, 0.2) is 0 Å². The predicted molar refractivity (Wildman–Crippen MR) is 36.6 cm³/mol. The van der Waals surface area contributed by atoms with Crippen LogP contribution in [-0.2, 0) is 4.74 Å². The summed E-state index contributed by atoms with van der Waals surface area (Å²) in [5, 5.41) is -0.0987. The van der Waals surface area contributed by atoms with E-state index >= 15 is 0 Å². The van der Waals surface area contributed by atoms with Crippen LogP contribution in [0.3, 0.4) is 0 Å². The lowest BCUT2D eigenvalue weighted by molar-refractivity contribution is 0.299. The molecule has 0 aromatic rings. The van der Waals surface area contributed by atoms with Crippen LogP contribution in [0, 0.1) is 0 Å². The minimum Gasteiger partial charge on any atom is -0.470 e. The van der Waals surface area contributed by atoms with Crippen molar-refractivity contribution >= 4 is 17.4 Å². The van der Waals surface area contributed by atoms with Crippen LogP contribution in [-0.4, -0.2) is 11.8 Å². The monoisotopic (exact) mass is 132 g/mol. The number of hydrogen-bond donors (Lipinski definition) is 0. The summed E-state index contributed by atoms with van der Waals surface area (Å²) in [5.41, 5.74) is 6.67. The molecule has 2 nitrogen and oxygen atoms in total. The van der Waals surface area contributed by atoms with Crippen molar-refractivity contribution in [2.75, 3.05) is 6.61 Å². The van der Waals surface area contributed by atoms with E-state index in [1.165, 1.54) is 0 Å². The second-order valence-corrected chi connectivity index (χ2v) is 1.86. The third-order valence-corrected chi connectivity index (χ3v) is 0.849. The van der Waals surface area contributed by atoms with Gasteiger partial charge in [-0.3, -0.25) is 5.73 Å². The van der Waals surface area contributed by atoms with Gasteiger partial charge in [0, 0.05) is 0 Å². The molecule has 0 aromatic heterocycles. The van der Waals surface area contributed by atoms with Gasteiger partial charge in [0.25, 0.3) is 5.17 Å². The lowest BCUT2D eigenvalue weighted by Gasteiger charge is -1.97. The molecule has 8 heavy (non-hydrogen) atoms. The van der Waals surface area contributed by atoms with Gasteiger partial charge in [-0.1, -0.05) is 13.3 Å². The minimum atomic E-state index is -0.0987. The highest BCUT2D eigenvalue weighted by Crippen LogP contribution is 1.86. The molecule has 0 aliphatic rings. The molecule has 0 amide bonds. The number of hydrogen-bond acceptors (Lipinski definition) is 2. The topological polar surface area (TPSA) is 33.0 Å². The maximum atomic E-state index is 6.67. The Balaban J connectivity index is 2.82. The Hall–Kier alpha value is -0.310. The molecule has 1 radical (unpaired) electrons. The summed E-state index contributed by atoms with van der Waals surface area (Å²) in [6, 6.07) is 0. The molecule has 3 heteroatoms. The Labute approximate surface area is 55.0 Å². The van der Waals surface area contributed by atoms with Gasteiger partial charge in [-0.2, -0.15) is 0 Å². The normalized spacial score (nSPS) is 8.62. The highest BCUT2D eigenvalue weighted by Gasteiger charge is 1.86. The highest BCUT2D eigenvalue weighted by molar-refractivity contribution is 7.79. The zero-order chi connectivity index (χ0) is 6.41. The molecule has 0 aliphatic heterocycles. The zero-order valence-corrected chi connectivity index (χ0v) is 5.75. The van der Waals surface area contributed by atoms with Crippen molar-refractivity contribution in [1.82, 2.24) is 5.73 Å². The number of rotatable bonds is 3. The fraction of sp³-hybridized carbons (Fsp3) is 0.800. The van der Waals surface area contributed by atoms with E-state index in [0.29, 0.717) is 6.61 Å². The molecule has 1 N–H and O–H groups in total. The molecule has 0 atom stereocenters. The molecule has 0 bridgehead atoms. The highest BCUT2D eigenvalue weighted by atomic mass is 32.1. The minimum absolute atomic E-state index is 0.0987. The molecule has 0 aliphatic carbocycles. The van der Waals surface area contributed by atoms with Crippen LogP contribution < -0.4 is 5.73 Å². The van der Waals surface area contributed by atoms with E-state index < -0.39 is 0 Å². The maximum Gasteiger partial charge on any atom is 0.275 e. The Morgan fingerprint density at radius 3 is 2.75 bits per heavy atom. The number of ether oxygens (including phenoxy) is 1. The van der Waals surface area contributed by atoms with E-state index in [1.807, 2.05) is 0 Å². The second-order valence-electron chi connectivity index (χ2n) is 1.49. The van der Waals surface area contributed by atoms with E-state index in [1.54, 1.807) is 0 Å². The smallest absolute Gasteiger partial charge is 0.275 e. The summed E-state index contributed by atoms with van der Waals surface area (Å²) >= 11 is 4.35. The molecule has 0 fully saturated rings. The zero-order valence-electron chi connectivity index (χ0n) is 4.94. The molecule has 0 spiro atoms. The van der Waals surface area contributed by atoms with Gasteiger partial charge in [-0.05, 0) is 18.6 Å². The van der Waals surface area contributed by atoms with Crippen LogP contribution in [0.5, 0.6) is 0 Å². The molecule has 47 valence electrons. The third-order valence-electron chi connectivity index (χ3n) is 0.731. The van der Waals surface area contributed by atoms with Gasteiger partial charge >= 0.3 is 0 Å². The summed E-state index contributed by atoms with van der Waals surface area (Å²) in [6.07, 6.45) is 2.07. The Morgan fingerprint density at radius 2 is 2.38 bits per heavy atom. The third kappa shape index (κ3) is 5.69. The van der Waals surface area contributed by atoms with Crippen molar-refractivity contribution < 1.29 is 4.74 Å². The van der Waals surface area contributed by atoms with Crippen LogP contribution in [0.4, 0.5) is 0 Å². The molecular weight excluding hydrogens is 122 g/mol. The molecule has 0 rings (SSSR count). The van der Waals surface area contributed by atoms with Gasteiger partial charge < -0.3 is 4.74 Å². The average Bonchev–Trinajstić information content (AvgIpc) is 1.66. The summed E-state index contributed by atoms with van der Waals surface area (Å²) in [7, 11) is 0. The average molecular weight is 132 g/mol. The van der Waals surface area contributed by atoms with E-state index in [-0.39, 0.29) is 5.17 Å². The maximum absolute atomic E-state index is 6.67. The van der Waals surface area contributed by atoms with Crippen LogP contribution in [0.1, 0.15) is 19.8 Å². The van der Waals surface area contributed by atoms with Gasteiger partial charge in [0.1, 0.15) is 0 Å². The SMILES string of the molecule is CCCCOC([NH])=S. The van der Waals surface area contributed by atoms with Gasteiger partial charge in [-0.15, -0.1) is 0 Å². The lowest BCUT2D eigenvalue weighted by atomic mass is 10.4. The van der Waals surface area contributed by atoms with E-state index in [0.717, 1.165) is 12.8 Å². The molecule has 0 saturated carbocycles. The van der Waals surface area contributed by atoms with Crippen LogP contribution >= 0.6 is 12.2 Å². The first-order valence-corrected chi connectivity index (χ1v) is 3.06. The first kappa shape index (κ1) is 7.69. The van der Waals surface area contributed by atoms with E-state index in [2.05, 4.69) is 23.9 Å². The predicted octanol–water partition coefficient (Wildman–Crippen LogP) is 1.37. The van der Waals surface area contributed by atoms with Gasteiger partial charge in [0.2, 0.25) is 0 Å². The Morgan fingerprint density at radius 1 is 1.75 bits per heavy atom. The summed E-state index contributed by atoms with van der Waals surface area (Å²) in [6.45, 7) is 2.66. The van der Waals surface area contributed by atoms with Crippen molar-refractivity contribution in [3.63, 3.8) is 0 Å². The van der Waals surface area contributed by atoms with E-state index in [4.69, 9.17) is 5.73 Å². The summed E-state index contributed by atoms with van der Waals surface area (Å²) < 4.78 is 4.68. The van der Waals surface area contributed by atoms with Crippen molar-refractivity contribution in [1.29, 1.82) is 0 Å². The quantitative estimate of drug-likeness (QED) is 0.429. The van der Waals surface area contributed by atoms with Gasteiger partial charge in [0.15, 0.2) is 0 Å².